The first kappa shape index (κ1) is 21.7. The molecule has 0 spiro atoms. The van der Waals surface area contributed by atoms with Crippen LogP contribution in [-0.2, 0) is 20.7 Å². The van der Waals surface area contributed by atoms with Crippen LogP contribution in [0.25, 0.3) is 5.76 Å². The number of amides is 1. The van der Waals surface area contributed by atoms with Gasteiger partial charge in [0.05, 0.1) is 18.8 Å². The number of ether oxygens (including phenoxy) is 2. The number of aryl methyl sites for hydroxylation is 1. The fourth-order valence-electron chi connectivity index (χ4n) is 4.81. The molecule has 2 atom stereocenters. The van der Waals surface area contributed by atoms with E-state index in [9.17, 15) is 14.7 Å². The van der Waals surface area contributed by atoms with Gasteiger partial charge in [-0.3, -0.25) is 14.5 Å². The van der Waals surface area contributed by atoms with Crippen LogP contribution in [0.4, 0.5) is 0 Å². The third-order valence-corrected chi connectivity index (χ3v) is 6.50. The molecule has 0 aliphatic carbocycles. The topological polar surface area (TPSA) is 92.5 Å². The molecule has 1 aromatic heterocycles. The van der Waals surface area contributed by atoms with E-state index in [-0.39, 0.29) is 17.4 Å². The van der Waals surface area contributed by atoms with E-state index in [1.54, 1.807) is 24.3 Å². The second-order valence-corrected chi connectivity index (χ2v) is 8.85. The van der Waals surface area contributed by atoms with Crippen molar-refractivity contribution in [2.45, 2.75) is 32.4 Å². The second-order valence-electron chi connectivity index (χ2n) is 8.85. The number of carbonyl (C=O) groups is 2. The SMILES string of the molecule is Cc1ccc([C@@H]2C(=C(O)c3ccc4c(c3)C[C@@H](C)O4)C(=O)C(=O)N2CCN2CCOCC2)o1. The first-order valence-corrected chi connectivity index (χ1v) is 11.4. The van der Waals surface area contributed by atoms with Crippen molar-refractivity contribution in [3.63, 3.8) is 0 Å². The van der Waals surface area contributed by atoms with Crippen molar-refractivity contribution in [1.82, 2.24) is 9.80 Å². The number of morpholine rings is 1. The molecule has 174 valence electrons. The van der Waals surface area contributed by atoms with Crippen molar-refractivity contribution in [1.29, 1.82) is 0 Å². The number of benzene rings is 1. The van der Waals surface area contributed by atoms with Gasteiger partial charge in [0.2, 0.25) is 0 Å². The highest BCUT2D eigenvalue weighted by Gasteiger charge is 2.47. The number of aliphatic hydroxyl groups excluding tert-OH is 1. The van der Waals surface area contributed by atoms with Gasteiger partial charge in [0.15, 0.2) is 0 Å². The minimum absolute atomic E-state index is 0.0586. The number of hydrogen-bond acceptors (Lipinski definition) is 7. The lowest BCUT2D eigenvalue weighted by Crippen LogP contribution is -2.42. The third kappa shape index (κ3) is 4.05. The molecule has 0 bridgehead atoms. The summed E-state index contributed by atoms with van der Waals surface area (Å²) in [7, 11) is 0. The molecule has 8 heteroatoms. The highest BCUT2D eigenvalue weighted by atomic mass is 16.5. The number of likely N-dealkylation sites (tertiary alicyclic amines) is 1. The van der Waals surface area contributed by atoms with Crippen LogP contribution in [0, 0.1) is 6.92 Å². The minimum Gasteiger partial charge on any atom is -0.507 e. The number of fused-ring (bicyclic) bond motifs is 1. The Balaban J connectivity index is 1.51. The largest absolute Gasteiger partial charge is 0.507 e. The second kappa shape index (κ2) is 8.68. The molecule has 0 unspecified atom stereocenters. The molecule has 8 nitrogen and oxygen atoms in total. The van der Waals surface area contributed by atoms with E-state index in [1.165, 1.54) is 4.90 Å². The normalized spacial score (nSPS) is 24.8. The van der Waals surface area contributed by atoms with Crippen LogP contribution in [0.2, 0.25) is 0 Å². The summed E-state index contributed by atoms with van der Waals surface area (Å²) < 4.78 is 17.0. The van der Waals surface area contributed by atoms with E-state index in [0.717, 1.165) is 30.8 Å². The average Bonchev–Trinajstić information content (AvgIpc) is 3.47. The zero-order chi connectivity index (χ0) is 23.1. The quantitative estimate of drug-likeness (QED) is 0.424. The predicted molar refractivity (Wildman–Crippen MR) is 120 cm³/mol. The van der Waals surface area contributed by atoms with Gasteiger partial charge in [0.1, 0.15) is 35.2 Å². The monoisotopic (exact) mass is 452 g/mol. The summed E-state index contributed by atoms with van der Waals surface area (Å²) in [5.74, 6) is 0.410. The number of hydrogen-bond donors (Lipinski definition) is 1. The van der Waals surface area contributed by atoms with Crippen LogP contribution in [0.1, 0.15) is 35.6 Å². The Morgan fingerprint density at radius 2 is 1.91 bits per heavy atom. The first-order chi connectivity index (χ1) is 15.9. The van der Waals surface area contributed by atoms with Crippen molar-refractivity contribution < 1.29 is 28.6 Å². The van der Waals surface area contributed by atoms with Gasteiger partial charge in [0.25, 0.3) is 11.7 Å². The molecule has 3 aliphatic rings. The number of aliphatic hydroxyl groups is 1. The molecule has 4 heterocycles. The van der Waals surface area contributed by atoms with E-state index >= 15 is 0 Å². The van der Waals surface area contributed by atoms with Gasteiger partial charge in [-0.15, -0.1) is 0 Å². The fourth-order valence-corrected chi connectivity index (χ4v) is 4.81. The summed E-state index contributed by atoms with van der Waals surface area (Å²) in [5.41, 5.74) is 1.52. The van der Waals surface area contributed by atoms with Crippen molar-refractivity contribution in [2.75, 3.05) is 39.4 Å². The number of carbonyl (C=O) groups excluding carboxylic acids is 2. The molecule has 5 rings (SSSR count). The van der Waals surface area contributed by atoms with Gasteiger partial charge in [-0.25, -0.2) is 0 Å². The molecule has 1 amide bonds. The third-order valence-electron chi connectivity index (χ3n) is 6.50. The summed E-state index contributed by atoms with van der Waals surface area (Å²) in [4.78, 5) is 29.9. The van der Waals surface area contributed by atoms with Crippen molar-refractivity contribution in [3.05, 3.63) is 58.6 Å². The standard InChI is InChI=1S/C25H28N2O6/c1-15-3-5-20(32-15)22-21(23(28)17-4-6-19-18(14-17)13-16(2)33-19)24(29)25(30)27(22)8-7-26-9-11-31-12-10-26/h3-6,14,16,22,28H,7-13H2,1-2H3/t16-,22-/m1/s1. The van der Waals surface area contributed by atoms with Gasteiger partial charge in [-0.1, -0.05) is 0 Å². The number of nitrogens with zero attached hydrogens (tertiary/aromatic N) is 2. The highest BCUT2D eigenvalue weighted by Crippen LogP contribution is 2.41. The number of furan rings is 1. The van der Waals surface area contributed by atoms with Crippen molar-refractivity contribution in [2.24, 2.45) is 0 Å². The van der Waals surface area contributed by atoms with E-state index in [1.807, 2.05) is 19.9 Å². The van der Waals surface area contributed by atoms with Gasteiger partial charge in [-0.2, -0.15) is 0 Å². The maximum atomic E-state index is 13.1. The summed E-state index contributed by atoms with van der Waals surface area (Å²) >= 11 is 0. The number of rotatable bonds is 5. The maximum absolute atomic E-state index is 13.1. The molecule has 0 saturated carbocycles. The van der Waals surface area contributed by atoms with E-state index in [4.69, 9.17) is 13.9 Å². The fraction of sp³-hybridized carbons (Fsp3) is 0.440. The Labute approximate surface area is 192 Å². The van der Waals surface area contributed by atoms with Gasteiger partial charge in [0, 0.05) is 38.2 Å². The summed E-state index contributed by atoms with van der Waals surface area (Å²) in [6.45, 7) is 7.63. The van der Waals surface area contributed by atoms with Crippen LogP contribution in [-0.4, -0.2) is 72.1 Å². The molecular weight excluding hydrogens is 424 g/mol. The van der Waals surface area contributed by atoms with Crippen molar-refractivity contribution >= 4 is 17.4 Å². The van der Waals surface area contributed by atoms with Gasteiger partial charge in [-0.05, 0) is 49.7 Å². The Hall–Kier alpha value is -3.10. The Morgan fingerprint density at radius 3 is 2.64 bits per heavy atom. The lowest BCUT2D eigenvalue weighted by Gasteiger charge is -2.30. The lowest BCUT2D eigenvalue weighted by molar-refractivity contribution is -0.140. The predicted octanol–water partition coefficient (Wildman–Crippen LogP) is 2.67. The van der Waals surface area contributed by atoms with Crippen LogP contribution in [0.15, 0.2) is 40.3 Å². The number of Topliss-reactive ketones (excluding diaryl/α,β-unsaturated/α-hetero) is 1. The van der Waals surface area contributed by atoms with Gasteiger partial charge < -0.3 is 23.9 Å². The molecule has 2 fully saturated rings. The smallest absolute Gasteiger partial charge is 0.295 e. The van der Waals surface area contributed by atoms with Crippen LogP contribution >= 0.6 is 0 Å². The zero-order valence-corrected chi connectivity index (χ0v) is 18.9. The molecular formula is C25H28N2O6. The molecule has 1 aromatic carbocycles. The van der Waals surface area contributed by atoms with Gasteiger partial charge >= 0.3 is 0 Å². The van der Waals surface area contributed by atoms with Crippen LogP contribution < -0.4 is 4.74 Å². The Kier molecular flexibility index (Phi) is 5.72. The molecule has 33 heavy (non-hydrogen) atoms. The zero-order valence-electron chi connectivity index (χ0n) is 18.9. The summed E-state index contributed by atoms with van der Waals surface area (Å²) in [5, 5.41) is 11.2. The van der Waals surface area contributed by atoms with Crippen LogP contribution in [0.3, 0.4) is 0 Å². The van der Waals surface area contributed by atoms with Crippen LogP contribution in [0.5, 0.6) is 5.75 Å². The molecule has 3 aliphatic heterocycles. The first-order valence-electron chi connectivity index (χ1n) is 11.4. The van der Waals surface area contributed by atoms with Crippen molar-refractivity contribution in [3.8, 4) is 5.75 Å². The lowest BCUT2D eigenvalue weighted by atomic mass is 9.97. The highest BCUT2D eigenvalue weighted by molar-refractivity contribution is 6.46. The van der Waals surface area contributed by atoms with E-state index in [2.05, 4.69) is 4.90 Å². The Morgan fingerprint density at radius 1 is 1.12 bits per heavy atom. The summed E-state index contributed by atoms with van der Waals surface area (Å²) in [6.07, 6.45) is 0.791. The Bertz CT molecular complexity index is 1110. The molecule has 2 aromatic rings. The van der Waals surface area contributed by atoms with E-state index in [0.29, 0.717) is 43.4 Å². The minimum atomic E-state index is -0.775. The molecule has 0 radical (unpaired) electrons. The molecule has 1 N–H and O–H groups in total. The average molecular weight is 453 g/mol. The number of ketones is 1. The van der Waals surface area contributed by atoms with E-state index < -0.39 is 17.7 Å². The molecule has 2 saturated heterocycles. The maximum Gasteiger partial charge on any atom is 0.295 e. The summed E-state index contributed by atoms with van der Waals surface area (Å²) in [6, 6.07) is 8.14.